The molecule has 9 heteroatoms. The molecule has 0 bridgehead atoms. The Hall–Kier alpha value is -1.22. The fraction of sp³-hybridized carbons (Fsp3) is 0.778. The lowest BCUT2D eigenvalue weighted by Crippen LogP contribution is -2.32. The highest BCUT2D eigenvalue weighted by Gasteiger charge is 2.41. The number of nitrogens with two attached hydrogens (primary N) is 1. The molecule has 104 valence electrons. The molecule has 0 unspecified atom stereocenters. The molecule has 0 aliphatic carbocycles. The first kappa shape index (κ1) is 14.8. The van der Waals surface area contributed by atoms with Crippen molar-refractivity contribution >= 4 is 0 Å². The Balaban J connectivity index is 2.48. The molecule has 1 aromatic rings. The summed E-state index contributed by atoms with van der Waals surface area (Å²) in [5.41, 5.74) is 4.77. The maximum atomic E-state index is 12.5. The summed E-state index contributed by atoms with van der Waals surface area (Å²) in [5, 5.41) is 3.42. The Morgan fingerprint density at radius 3 is 2.44 bits per heavy atom. The van der Waals surface area contributed by atoms with Gasteiger partial charge in [0.1, 0.15) is 13.2 Å². The number of nitrogens with zero attached hydrogens (tertiary/aromatic N) is 2. The molecule has 18 heavy (non-hydrogen) atoms. The van der Waals surface area contributed by atoms with Crippen molar-refractivity contribution in [3.8, 4) is 0 Å². The van der Waals surface area contributed by atoms with E-state index in [1.807, 2.05) is 0 Å². The molecule has 0 atom stereocenters. The van der Waals surface area contributed by atoms with E-state index in [1.165, 1.54) is 0 Å². The van der Waals surface area contributed by atoms with Crippen LogP contribution in [0.5, 0.6) is 0 Å². The number of hydrogen-bond acceptors (Lipinski definition) is 5. The van der Waals surface area contributed by atoms with Crippen molar-refractivity contribution in [2.24, 2.45) is 5.73 Å². The quantitative estimate of drug-likeness (QED) is 0.797. The third-order valence-corrected chi connectivity index (χ3v) is 1.86. The Bertz CT molecular complexity index is 389. The van der Waals surface area contributed by atoms with Crippen LogP contribution in [0.2, 0.25) is 0 Å². The highest BCUT2D eigenvalue weighted by Crippen LogP contribution is 2.23. The topological polar surface area (TPSA) is 74.2 Å². The van der Waals surface area contributed by atoms with Gasteiger partial charge >= 0.3 is 12.3 Å². The first-order valence-electron chi connectivity index (χ1n) is 4.98. The van der Waals surface area contributed by atoms with Crippen molar-refractivity contribution in [2.45, 2.75) is 38.3 Å². The Labute approximate surface area is 100 Å². The van der Waals surface area contributed by atoms with Crippen LogP contribution < -0.4 is 5.73 Å². The molecule has 5 nitrogen and oxygen atoms in total. The van der Waals surface area contributed by atoms with Crippen molar-refractivity contribution in [1.82, 2.24) is 10.1 Å². The minimum absolute atomic E-state index is 0.0337. The first-order valence-corrected chi connectivity index (χ1v) is 4.98. The summed E-state index contributed by atoms with van der Waals surface area (Å²) in [4.78, 5) is 3.79. The molecule has 1 aromatic heterocycles. The van der Waals surface area contributed by atoms with Gasteiger partial charge in [-0.2, -0.15) is 13.8 Å². The molecule has 0 spiro atoms. The van der Waals surface area contributed by atoms with E-state index >= 15 is 0 Å². The highest BCUT2D eigenvalue weighted by atomic mass is 19.3. The standard InChI is InChI=1S/C9H13F4N3O2/c1-8(2,14)7-15-5(16-18-7)3-17-4-9(12,13)6(10)11/h6H,3-4,14H2,1-2H3. The van der Waals surface area contributed by atoms with Gasteiger partial charge in [0.05, 0.1) is 5.54 Å². The van der Waals surface area contributed by atoms with Gasteiger partial charge < -0.3 is 15.0 Å². The molecule has 0 aromatic carbocycles. The lowest BCUT2D eigenvalue weighted by Gasteiger charge is -2.14. The van der Waals surface area contributed by atoms with Crippen molar-refractivity contribution in [3.05, 3.63) is 11.7 Å². The van der Waals surface area contributed by atoms with Gasteiger partial charge in [-0.25, -0.2) is 8.78 Å². The van der Waals surface area contributed by atoms with Crippen molar-refractivity contribution in [1.29, 1.82) is 0 Å². The van der Waals surface area contributed by atoms with Crippen LogP contribution in [-0.4, -0.2) is 29.1 Å². The number of halogens is 4. The van der Waals surface area contributed by atoms with Gasteiger partial charge in [0.2, 0.25) is 5.89 Å². The SMILES string of the molecule is CC(C)(N)c1nc(COCC(F)(F)C(F)F)no1. The average Bonchev–Trinajstić information content (AvgIpc) is 2.65. The molecule has 0 aliphatic heterocycles. The van der Waals surface area contributed by atoms with Crippen LogP contribution >= 0.6 is 0 Å². The maximum Gasteiger partial charge on any atom is 0.330 e. The number of alkyl halides is 4. The maximum absolute atomic E-state index is 12.5. The van der Waals surface area contributed by atoms with E-state index in [4.69, 9.17) is 10.3 Å². The normalized spacial score (nSPS) is 13.3. The van der Waals surface area contributed by atoms with E-state index in [0.717, 1.165) is 0 Å². The molecular weight excluding hydrogens is 258 g/mol. The number of aromatic nitrogens is 2. The van der Waals surface area contributed by atoms with E-state index in [0.29, 0.717) is 0 Å². The van der Waals surface area contributed by atoms with E-state index in [9.17, 15) is 17.6 Å². The monoisotopic (exact) mass is 271 g/mol. The lowest BCUT2D eigenvalue weighted by atomic mass is 10.1. The Morgan fingerprint density at radius 1 is 1.39 bits per heavy atom. The Morgan fingerprint density at radius 2 is 2.00 bits per heavy atom. The smallest absolute Gasteiger partial charge is 0.330 e. The Kier molecular flexibility index (Phi) is 4.28. The fourth-order valence-corrected chi connectivity index (χ4v) is 0.916. The lowest BCUT2D eigenvalue weighted by molar-refractivity contribution is -0.168. The zero-order valence-electron chi connectivity index (χ0n) is 9.79. The van der Waals surface area contributed by atoms with E-state index < -0.39 is 31.1 Å². The third kappa shape index (κ3) is 3.91. The van der Waals surface area contributed by atoms with Gasteiger partial charge in [-0.3, -0.25) is 0 Å². The molecule has 1 rings (SSSR count). The van der Waals surface area contributed by atoms with Gasteiger partial charge in [0.25, 0.3) is 0 Å². The summed E-state index contributed by atoms with van der Waals surface area (Å²) < 4.78 is 57.7. The van der Waals surface area contributed by atoms with E-state index in [2.05, 4.69) is 14.9 Å². The number of rotatable bonds is 6. The van der Waals surface area contributed by atoms with Crippen LogP contribution in [0, 0.1) is 0 Å². The van der Waals surface area contributed by atoms with Crippen LogP contribution in [0.25, 0.3) is 0 Å². The molecule has 0 saturated carbocycles. The second-order valence-corrected chi connectivity index (χ2v) is 4.29. The van der Waals surface area contributed by atoms with Crippen LogP contribution in [0.3, 0.4) is 0 Å². The molecule has 0 aliphatic rings. The highest BCUT2D eigenvalue weighted by molar-refractivity contribution is 4.96. The van der Waals surface area contributed by atoms with E-state index in [1.54, 1.807) is 13.8 Å². The van der Waals surface area contributed by atoms with Crippen molar-refractivity contribution in [2.75, 3.05) is 6.61 Å². The fourth-order valence-electron chi connectivity index (χ4n) is 0.916. The molecular formula is C9H13F4N3O2. The van der Waals surface area contributed by atoms with Crippen molar-refractivity contribution in [3.63, 3.8) is 0 Å². The van der Waals surface area contributed by atoms with Gasteiger partial charge in [0, 0.05) is 0 Å². The second kappa shape index (κ2) is 5.19. The molecule has 0 amide bonds. The van der Waals surface area contributed by atoms with Crippen LogP contribution in [0.4, 0.5) is 17.6 Å². The second-order valence-electron chi connectivity index (χ2n) is 4.29. The molecule has 0 fully saturated rings. The summed E-state index contributed by atoms with van der Waals surface area (Å²) in [5.74, 6) is -4.13. The number of hydrogen-bond donors (Lipinski definition) is 1. The minimum atomic E-state index is -4.19. The number of ether oxygens (including phenoxy) is 1. The predicted molar refractivity (Wildman–Crippen MR) is 52.1 cm³/mol. The van der Waals surface area contributed by atoms with Gasteiger partial charge in [-0.15, -0.1) is 0 Å². The van der Waals surface area contributed by atoms with Crippen LogP contribution in [-0.2, 0) is 16.9 Å². The minimum Gasteiger partial charge on any atom is -0.367 e. The molecule has 0 radical (unpaired) electrons. The summed E-state index contributed by atoms with van der Waals surface area (Å²) in [7, 11) is 0. The van der Waals surface area contributed by atoms with Crippen LogP contribution in [0.1, 0.15) is 25.6 Å². The summed E-state index contributed by atoms with van der Waals surface area (Å²) in [6.45, 7) is 1.34. The summed E-state index contributed by atoms with van der Waals surface area (Å²) in [6, 6.07) is 0. The molecule has 1 heterocycles. The van der Waals surface area contributed by atoms with E-state index in [-0.39, 0.29) is 11.7 Å². The average molecular weight is 271 g/mol. The van der Waals surface area contributed by atoms with Gasteiger partial charge in [-0.1, -0.05) is 5.16 Å². The first-order chi connectivity index (χ1) is 8.13. The summed E-state index contributed by atoms with van der Waals surface area (Å²) in [6.07, 6.45) is -3.78. The molecule has 2 N–H and O–H groups in total. The summed E-state index contributed by atoms with van der Waals surface area (Å²) >= 11 is 0. The zero-order chi connectivity index (χ0) is 14.0. The van der Waals surface area contributed by atoms with Crippen molar-refractivity contribution < 1.29 is 26.8 Å². The van der Waals surface area contributed by atoms with Gasteiger partial charge in [0.15, 0.2) is 5.82 Å². The zero-order valence-corrected chi connectivity index (χ0v) is 9.79. The van der Waals surface area contributed by atoms with Crippen LogP contribution in [0.15, 0.2) is 4.52 Å². The molecule has 0 saturated heterocycles. The third-order valence-electron chi connectivity index (χ3n) is 1.86. The van der Waals surface area contributed by atoms with Gasteiger partial charge in [-0.05, 0) is 13.8 Å². The predicted octanol–water partition coefficient (Wildman–Crippen LogP) is 1.68. The largest absolute Gasteiger partial charge is 0.367 e.